The number of rotatable bonds is 8. The summed E-state index contributed by atoms with van der Waals surface area (Å²) in [5.74, 6) is 3.45. The van der Waals surface area contributed by atoms with E-state index in [1.807, 2.05) is 37.4 Å². The zero-order valence-corrected chi connectivity index (χ0v) is 21.8. The Hall–Kier alpha value is -2.53. The Kier molecular flexibility index (Phi) is 9.19. The number of aromatic amines is 1. The van der Waals surface area contributed by atoms with E-state index in [1.165, 1.54) is 5.56 Å². The Balaban J connectivity index is 0.00000306. The molecule has 2 aromatic carbocycles. The van der Waals surface area contributed by atoms with Gasteiger partial charge in [-0.05, 0) is 36.2 Å². The molecule has 0 saturated carbocycles. The second kappa shape index (κ2) is 12.1. The first-order chi connectivity index (χ1) is 15.7. The first-order valence-corrected chi connectivity index (χ1v) is 11.0. The molecule has 0 radical (unpaired) electrons. The molecule has 0 amide bonds. The van der Waals surface area contributed by atoms with Gasteiger partial charge in [-0.15, -0.1) is 24.0 Å². The minimum absolute atomic E-state index is 0. The molecule has 8 nitrogen and oxygen atoms in total. The maximum atomic E-state index is 5.40. The first kappa shape index (κ1) is 25.1. The number of aromatic nitrogens is 2. The summed E-state index contributed by atoms with van der Waals surface area (Å²) in [6, 6.07) is 14.5. The average molecular weight is 564 g/mol. The van der Waals surface area contributed by atoms with Crippen LogP contribution in [0.2, 0.25) is 0 Å². The smallest absolute Gasteiger partial charge is 0.191 e. The zero-order chi connectivity index (χ0) is 22.3. The fraction of sp³-hybridized carbons (Fsp3) is 0.417. The van der Waals surface area contributed by atoms with Crippen LogP contribution in [0.5, 0.6) is 11.5 Å². The second-order valence-corrected chi connectivity index (χ2v) is 8.04. The number of H-pyrrole nitrogens is 1. The molecule has 9 heteroatoms. The molecule has 0 bridgehead atoms. The largest absolute Gasteiger partial charge is 0.497 e. The Morgan fingerprint density at radius 3 is 2.64 bits per heavy atom. The van der Waals surface area contributed by atoms with Gasteiger partial charge in [0, 0.05) is 51.8 Å². The molecule has 1 fully saturated rings. The number of halogens is 1. The van der Waals surface area contributed by atoms with Crippen molar-refractivity contribution in [1.29, 1.82) is 0 Å². The molecule has 33 heavy (non-hydrogen) atoms. The minimum atomic E-state index is 0. The number of imidazole rings is 1. The first-order valence-electron chi connectivity index (χ1n) is 11.0. The van der Waals surface area contributed by atoms with Crippen LogP contribution < -0.4 is 20.1 Å². The van der Waals surface area contributed by atoms with Crippen LogP contribution in [0.1, 0.15) is 17.8 Å². The van der Waals surface area contributed by atoms with Crippen molar-refractivity contribution >= 4 is 41.0 Å². The van der Waals surface area contributed by atoms with Gasteiger partial charge in [0.1, 0.15) is 17.3 Å². The molecular formula is C24H33IN6O2. The topological polar surface area (TPSA) is 86.8 Å². The summed E-state index contributed by atoms with van der Waals surface area (Å²) >= 11 is 0. The number of nitrogens with zero attached hydrogens (tertiary/aromatic N) is 3. The van der Waals surface area contributed by atoms with Crippen molar-refractivity contribution in [2.24, 2.45) is 4.99 Å². The van der Waals surface area contributed by atoms with Crippen LogP contribution in [0.15, 0.2) is 47.5 Å². The normalized spacial score (nSPS) is 16.5. The van der Waals surface area contributed by atoms with Crippen LogP contribution >= 0.6 is 24.0 Å². The molecule has 0 spiro atoms. The summed E-state index contributed by atoms with van der Waals surface area (Å²) in [7, 11) is 5.17. The van der Waals surface area contributed by atoms with Crippen LogP contribution in [0.4, 0.5) is 0 Å². The standard InChI is InChI=1S/C24H32N6O2.HI/c1-25-24(26-10-8-23-28-21-6-4-5-7-22(21)29-23)27-18-9-11-30(16-18)15-17-12-19(31-2)14-20(13-17)32-3;/h4-7,12-14,18H,8-11,15-16H2,1-3H3,(H,28,29)(H2,25,26,27);1H. The van der Waals surface area contributed by atoms with Gasteiger partial charge in [0.05, 0.1) is 25.3 Å². The molecule has 1 aliphatic rings. The van der Waals surface area contributed by atoms with Gasteiger partial charge in [0.2, 0.25) is 0 Å². The molecule has 4 rings (SSSR count). The van der Waals surface area contributed by atoms with Crippen LogP contribution in [0.25, 0.3) is 11.0 Å². The van der Waals surface area contributed by atoms with E-state index in [9.17, 15) is 0 Å². The molecular weight excluding hydrogens is 531 g/mol. The van der Waals surface area contributed by atoms with E-state index in [2.05, 4.69) is 42.6 Å². The van der Waals surface area contributed by atoms with Crippen LogP contribution in [-0.4, -0.2) is 67.8 Å². The molecule has 3 aromatic rings. The zero-order valence-electron chi connectivity index (χ0n) is 19.4. The van der Waals surface area contributed by atoms with Crippen LogP contribution in [-0.2, 0) is 13.0 Å². The van der Waals surface area contributed by atoms with E-state index in [1.54, 1.807) is 14.2 Å². The molecule has 1 atom stereocenters. The van der Waals surface area contributed by atoms with E-state index in [0.29, 0.717) is 6.04 Å². The number of benzene rings is 2. The van der Waals surface area contributed by atoms with E-state index in [-0.39, 0.29) is 24.0 Å². The summed E-state index contributed by atoms with van der Waals surface area (Å²) in [6.07, 6.45) is 1.88. The molecule has 2 heterocycles. The lowest BCUT2D eigenvalue weighted by atomic mass is 10.2. The molecule has 1 aliphatic heterocycles. The van der Waals surface area contributed by atoms with Crippen molar-refractivity contribution in [1.82, 2.24) is 25.5 Å². The summed E-state index contributed by atoms with van der Waals surface area (Å²) in [6.45, 7) is 3.63. The summed E-state index contributed by atoms with van der Waals surface area (Å²) in [5, 5.41) is 6.97. The number of likely N-dealkylation sites (tertiary alicyclic amines) is 1. The third-order valence-corrected chi connectivity index (χ3v) is 5.75. The maximum absolute atomic E-state index is 5.40. The predicted molar refractivity (Wildman–Crippen MR) is 143 cm³/mol. The maximum Gasteiger partial charge on any atom is 0.191 e. The molecule has 1 aromatic heterocycles. The van der Waals surface area contributed by atoms with Crippen molar-refractivity contribution in [2.45, 2.75) is 25.4 Å². The van der Waals surface area contributed by atoms with Gasteiger partial charge < -0.3 is 25.1 Å². The number of aliphatic imine (C=N–C) groups is 1. The number of para-hydroxylation sites is 2. The van der Waals surface area contributed by atoms with Crippen molar-refractivity contribution in [3.05, 3.63) is 53.9 Å². The molecule has 1 saturated heterocycles. The van der Waals surface area contributed by atoms with Crippen molar-refractivity contribution in [2.75, 3.05) is 40.9 Å². The Morgan fingerprint density at radius 1 is 1.18 bits per heavy atom. The van der Waals surface area contributed by atoms with Crippen molar-refractivity contribution < 1.29 is 9.47 Å². The van der Waals surface area contributed by atoms with Crippen molar-refractivity contribution in [3.63, 3.8) is 0 Å². The highest BCUT2D eigenvalue weighted by Crippen LogP contribution is 2.24. The second-order valence-electron chi connectivity index (χ2n) is 8.04. The lowest BCUT2D eigenvalue weighted by Gasteiger charge is -2.19. The van der Waals surface area contributed by atoms with Gasteiger partial charge in [-0.1, -0.05) is 12.1 Å². The van der Waals surface area contributed by atoms with Crippen LogP contribution in [0.3, 0.4) is 0 Å². The molecule has 1 unspecified atom stereocenters. The highest BCUT2D eigenvalue weighted by Gasteiger charge is 2.23. The third kappa shape index (κ3) is 6.73. The SMILES string of the molecule is CN=C(NCCc1nc2ccccc2[nH]1)NC1CCN(Cc2cc(OC)cc(OC)c2)C1.I. The molecule has 0 aliphatic carbocycles. The average Bonchev–Trinajstić information content (AvgIpc) is 3.44. The predicted octanol–water partition coefficient (Wildman–Crippen LogP) is 3.18. The minimum Gasteiger partial charge on any atom is -0.497 e. The third-order valence-electron chi connectivity index (χ3n) is 5.75. The number of guanidine groups is 1. The number of hydrogen-bond acceptors (Lipinski definition) is 5. The Labute approximate surface area is 212 Å². The molecule has 3 N–H and O–H groups in total. The highest BCUT2D eigenvalue weighted by molar-refractivity contribution is 14.0. The fourth-order valence-corrected chi connectivity index (χ4v) is 4.12. The molecule has 178 valence electrons. The summed E-state index contributed by atoms with van der Waals surface area (Å²) < 4.78 is 10.8. The fourth-order valence-electron chi connectivity index (χ4n) is 4.12. The van der Waals surface area contributed by atoms with E-state index < -0.39 is 0 Å². The van der Waals surface area contributed by atoms with Gasteiger partial charge in [0.25, 0.3) is 0 Å². The lowest BCUT2D eigenvalue weighted by Crippen LogP contribution is -2.45. The number of fused-ring (bicyclic) bond motifs is 1. The van der Waals surface area contributed by atoms with Gasteiger partial charge in [-0.3, -0.25) is 9.89 Å². The Bertz CT molecular complexity index is 1010. The Morgan fingerprint density at radius 2 is 1.94 bits per heavy atom. The van der Waals surface area contributed by atoms with E-state index in [4.69, 9.17) is 9.47 Å². The monoisotopic (exact) mass is 564 g/mol. The highest BCUT2D eigenvalue weighted by atomic mass is 127. The summed E-state index contributed by atoms with van der Waals surface area (Å²) in [4.78, 5) is 14.8. The van der Waals surface area contributed by atoms with Gasteiger partial charge in [-0.2, -0.15) is 0 Å². The van der Waals surface area contributed by atoms with E-state index in [0.717, 1.165) is 73.3 Å². The van der Waals surface area contributed by atoms with E-state index >= 15 is 0 Å². The number of methoxy groups -OCH3 is 2. The quantitative estimate of drug-likeness (QED) is 0.222. The van der Waals surface area contributed by atoms with Crippen molar-refractivity contribution in [3.8, 4) is 11.5 Å². The van der Waals surface area contributed by atoms with Gasteiger partial charge in [-0.25, -0.2) is 4.98 Å². The van der Waals surface area contributed by atoms with Gasteiger partial charge >= 0.3 is 0 Å². The summed E-state index contributed by atoms with van der Waals surface area (Å²) in [5.41, 5.74) is 3.27. The lowest BCUT2D eigenvalue weighted by molar-refractivity contribution is 0.321. The number of ether oxygens (including phenoxy) is 2. The van der Waals surface area contributed by atoms with Gasteiger partial charge in [0.15, 0.2) is 5.96 Å². The number of nitrogens with one attached hydrogen (secondary N) is 3. The number of hydrogen-bond donors (Lipinski definition) is 3. The van der Waals surface area contributed by atoms with Crippen LogP contribution in [0, 0.1) is 0 Å².